The first-order valence-electron chi connectivity index (χ1n) is 3.25. The second-order valence-corrected chi connectivity index (χ2v) is 3.02. The van der Waals surface area contributed by atoms with E-state index in [2.05, 4.69) is 0 Å². The maximum atomic E-state index is 11.0. The number of hydrogen-bond donors (Lipinski definition) is 1. The van der Waals surface area contributed by atoms with Crippen molar-refractivity contribution in [2.24, 2.45) is 0 Å². The van der Waals surface area contributed by atoms with E-state index in [-0.39, 0.29) is 21.8 Å². The van der Waals surface area contributed by atoms with Crippen LogP contribution in [0.15, 0.2) is 18.2 Å². The first kappa shape index (κ1) is 12.9. The van der Waals surface area contributed by atoms with Gasteiger partial charge in [0.25, 0.3) is 5.24 Å². The van der Waals surface area contributed by atoms with Crippen molar-refractivity contribution in [1.82, 2.24) is 0 Å². The zero-order valence-electron chi connectivity index (χ0n) is 6.75. The molecule has 0 saturated carbocycles. The van der Waals surface area contributed by atoms with Crippen LogP contribution in [0, 0.1) is 0 Å². The van der Waals surface area contributed by atoms with Crippen molar-refractivity contribution >= 4 is 34.2 Å². The summed E-state index contributed by atoms with van der Waals surface area (Å²) in [6.45, 7) is 0. The van der Waals surface area contributed by atoms with Crippen molar-refractivity contribution in [2.45, 2.75) is 0 Å². The summed E-state index contributed by atoms with van der Waals surface area (Å²) in [5, 5.41) is 7.92. The lowest BCUT2D eigenvalue weighted by Gasteiger charge is -1.98. The van der Waals surface area contributed by atoms with Crippen LogP contribution in [0.25, 0.3) is 0 Å². The molecule has 0 aliphatic heterocycles. The number of halogens is 2. The fraction of sp³-hybridized carbons (Fsp3) is 0. The first-order chi connectivity index (χ1) is 6.02. The lowest BCUT2D eigenvalue weighted by atomic mass is 10.1. The molecule has 3 N–H and O–H groups in total. The molecule has 0 unspecified atom stereocenters. The van der Waals surface area contributed by atoms with Crippen molar-refractivity contribution in [2.75, 3.05) is 0 Å². The van der Waals surface area contributed by atoms with Gasteiger partial charge in [-0.2, -0.15) is 0 Å². The summed E-state index contributed by atoms with van der Waals surface area (Å²) in [5.74, 6) is -0.996. The fourth-order valence-corrected chi connectivity index (χ4v) is 1.05. The van der Waals surface area contributed by atoms with E-state index >= 15 is 0 Å². The van der Waals surface area contributed by atoms with Crippen LogP contribution < -0.4 is 0 Å². The highest BCUT2D eigenvalue weighted by atomic mass is 35.5. The Morgan fingerprint density at radius 1 is 1.29 bits per heavy atom. The Bertz CT molecular complexity index is 376. The Kier molecular flexibility index (Phi) is 4.56. The van der Waals surface area contributed by atoms with Crippen molar-refractivity contribution in [3.05, 3.63) is 28.8 Å². The van der Waals surface area contributed by atoms with Gasteiger partial charge < -0.3 is 10.6 Å². The molecule has 0 amide bonds. The molecule has 0 spiro atoms. The van der Waals surface area contributed by atoms with Gasteiger partial charge in [-0.1, -0.05) is 11.6 Å². The average Bonchev–Trinajstić information content (AvgIpc) is 2.08. The van der Waals surface area contributed by atoms with E-state index in [0.717, 1.165) is 0 Å². The van der Waals surface area contributed by atoms with Gasteiger partial charge in [-0.3, -0.25) is 9.59 Å². The highest BCUT2D eigenvalue weighted by Gasteiger charge is 2.14. The predicted molar refractivity (Wildman–Crippen MR) is 51.9 cm³/mol. The smallest absolute Gasteiger partial charge is 0.293 e. The zero-order chi connectivity index (χ0) is 10.0. The number of benzene rings is 1. The fourth-order valence-electron chi connectivity index (χ4n) is 0.762. The molecule has 1 aromatic rings. The number of Topliss-reactive ketones (excluding diaryl/α,β-unsaturated/α-hetero) is 1. The summed E-state index contributed by atoms with van der Waals surface area (Å²) in [7, 11) is 0. The standard InChI is InChI=1S/C8H4Cl2O3.H2O/c9-5-3-4(1-2-6(5)11)7(12)8(10)13;/h1-3,11H;1H2. The third kappa shape index (κ3) is 2.70. The molecular weight excluding hydrogens is 231 g/mol. The minimum Gasteiger partial charge on any atom is -0.506 e. The van der Waals surface area contributed by atoms with E-state index in [1.165, 1.54) is 18.2 Å². The number of ketones is 1. The molecule has 0 aliphatic carbocycles. The highest BCUT2D eigenvalue weighted by Crippen LogP contribution is 2.23. The van der Waals surface area contributed by atoms with Gasteiger partial charge in [0, 0.05) is 5.56 Å². The Hall–Kier alpha value is -1.10. The minimum atomic E-state index is -1.08. The number of rotatable bonds is 2. The molecule has 4 nitrogen and oxygen atoms in total. The molecule has 1 aromatic carbocycles. The van der Waals surface area contributed by atoms with Gasteiger partial charge in [0.1, 0.15) is 5.75 Å². The molecule has 0 atom stereocenters. The van der Waals surface area contributed by atoms with Gasteiger partial charge in [0.05, 0.1) is 5.02 Å². The van der Waals surface area contributed by atoms with Gasteiger partial charge in [-0.05, 0) is 29.8 Å². The van der Waals surface area contributed by atoms with E-state index in [0.29, 0.717) is 0 Å². The van der Waals surface area contributed by atoms with Crippen LogP contribution in [0.3, 0.4) is 0 Å². The van der Waals surface area contributed by atoms with Gasteiger partial charge >= 0.3 is 0 Å². The molecular formula is C8H6Cl2O4. The van der Waals surface area contributed by atoms with Gasteiger partial charge in [0.15, 0.2) is 0 Å². The maximum absolute atomic E-state index is 11.0. The second kappa shape index (κ2) is 4.95. The normalized spacial score (nSPS) is 9.00. The van der Waals surface area contributed by atoms with Crippen molar-refractivity contribution < 1.29 is 20.2 Å². The number of phenolic OH excluding ortho intramolecular Hbond substituents is 1. The first-order valence-corrected chi connectivity index (χ1v) is 4.00. The van der Waals surface area contributed by atoms with Gasteiger partial charge in [0.2, 0.25) is 5.78 Å². The molecule has 0 saturated heterocycles. The maximum Gasteiger partial charge on any atom is 0.293 e. The SMILES string of the molecule is O.O=C(Cl)C(=O)c1ccc(O)c(Cl)c1. The summed E-state index contributed by atoms with van der Waals surface area (Å²) >= 11 is 10.5. The predicted octanol–water partition coefficient (Wildman–Crippen LogP) is 1.17. The summed E-state index contributed by atoms with van der Waals surface area (Å²) < 4.78 is 0. The summed E-state index contributed by atoms with van der Waals surface area (Å²) in [6, 6.07) is 3.67. The van der Waals surface area contributed by atoms with Crippen LogP contribution in [0.5, 0.6) is 5.75 Å². The zero-order valence-corrected chi connectivity index (χ0v) is 8.26. The van der Waals surface area contributed by atoms with Gasteiger partial charge in [-0.15, -0.1) is 0 Å². The van der Waals surface area contributed by atoms with E-state index in [4.69, 9.17) is 28.3 Å². The molecule has 14 heavy (non-hydrogen) atoms. The van der Waals surface area contributed by atoms with E-state index in [9.17, 15) is 9.59 Å². The molecule has 0 bridgehead atoms. The van der Waals surface area contributed by atoms with Crippen LogP contribution in [-0.2, 0) is 4.79 Å². The molecule has 1 rings (SSSR count). The largest absolute Gasteiger partial charge is 0.506 e. The number of carbonyl (C=O) groups excluding carboxylic acids is 2. The molecule has 0 radical (unpaired) electrons. The number of carbonyl (C=O) groups is 2. The van der Waals surface area contributed by atoms with Crippen LogP contribution in [0.4, 0.5) is 0 Å². The lowest BCUT2D eigenvalue weighted by molar-refractivity contribution is -0.108. The molecule has 0 aromatic heterocycles. The van der Waals surface area contributed by atoms with E-state index in [1.54, 1.807) is 0 Å². The van der Waals surface area contributed by atoms with Crippen molar-refractivity contribution in [3.8, 4) is 5.75 Å². The highest BCUT2D eigenvalue weighted by molar-refractivity contribution is 6.83. The third-order valence-corrected chi connectivity index (χ3v) is 1.86. The molecule has 76 valence electrons. The van der Waals surface area contributed by atoms with Gasteiger partial charge in [-0.25, -0.2) is 0 Å². The number of phenols is 1. The second-order valence-electron chi connectivity index (χ2n) is 2.27. The Morgan fingerprint density at radius 3 is 2.29 bits per heavy atom. The van der Waals surface area contributed by atoms with Crippen LogP contribution in [0.1, 0.15) is 10.4 Å². The average molecular weight is 237 g/mol. The monoisotopic (exact) mass is 236 g/mol. The summed E-state index contributed by atoms with van der Waals surface area (Å²) in [6.07, 6.45) is 0. The molecule has 0 fully saturated rings. The molecule has 0 aliphatic rings. The van der Waals surface area contributed by atoms with Crippen molar-refractivity contribution in [3.63, 3.8) is 0 Å². The van der Waals surface area contributed by atoms with Crippen LogP contribution in [0.2, 0.25) is 5.02 Å². The van der Waals surface area contributed by atoms with Crippen molar-refractivity contribution in [1.29, 1.82) is 0 Å². The van der Waals surface area contributed by atoms with Crippen LogP contribution >= 0.6 is 23.2 Å². The Morgan fingerprint density at radius 2 is 1.86 bits per heavy atom. The van der Waals surface area contributed by atoms with Crippen LogP contribution in [-0.4, -0.2) is 21.6 Å². The number of aromatic hydroxyl groups is 1. The Labute approximate surface area is 89.4 Å². The van der Waals surface area contributed by atoms with E-state index < -0.39 is 11.0 Å². The summed E-state index contributed by atoms with van der Waals surface area (Å²) in [4.78, 5) is 21.4. The topological polar surface area (TPSA) is 85.9 Å². The third-order valence-electron chi connectivity index (χ3n) is 1.39. The van der Waals surface area contributed by atoms with E-state index in [1.807, 2.05) is 0 Å². The number of hydrogen-bond acceptors (Lipinski definition) is 3. The molecule has 6 heteroatoms. The quantitative estimate of drug-likeness (QED) is 0.475. The Balaban J connectivity index is 0.00000169. The molecule has 0 heterocycles. The summed E-state index contributed by atoms with van der Waals surface area (Å²) in [5.41, 5.74) is 0.0581. The minimum absolute atomic E-state index is 0. The lowest BCUT2D eigenvalue weighted by Crippen LogP contribution is -2.06.